The summed E-state index contributed by atoms with van der Waals surface area (Å²) in [7, 11) is 1.56. The van der Waals surface area contributed by atoms with Crippen molar-refractivity contribution < 1.29 is 19.1 Å². The summed E-state index contributed by atoms with van der Waals surface area (Å²) in [6.45, 7) is 3.97. The molecule has 1 N–H and O–H groups in total. The second-order valence-electron chi connectivity index (χ2n) is 6.87. The van der Waals surface area contributed by atoms with Crippen LogP contribution in [-0.4, -0.2) is 35.8 Å². The summed E-state index contributed by atoms with van der Waals surface area (Å²) >= 11 is 1.35. The van der Waals surface area contributed by atoms with Crippen LogP contribution in [0.5, 0.6) is 5.75 Å². The number of carbonyl (C=O) groups is 3. The minimum atomic E-state index is -0.460. The van der Waals surface area contributed by atoms with Gasteiger partial charge in [0.1, 0.15) is 5.75 Å². The Hall–Kier alpha value is -2.80. The molecule has 0 aliphatic carbocycles. The highest BCUT2D eigenvalue weighted by Gasteiger charge is 2.39. The number of benzene rings is 2. The van der Waals surface area contributed by atoms with Crippen molar-refractivity contribution in [1.82, 2.24) is 0 Å². The van der Waals surface area contributed by atoms with E-state index in [0.717, 1.165) is 16.8 Å². The molecule has 1 aliphatic rings. The van der Waals surface area contributed by atoms with Crippen LogP contribution in [0.4, 0.5) is 11.4 Å². The van der Waals surface area contributed by atoms with Crippen molar-refractivity contribution >= 4 is 40.9 Å². The first-order valence-electron chi connectivity index (χ1n) is 9.39. The molecule has 6 nitrogen and oxygen atoms in total. The number of hydrogen-bond donors (Lipinski definition) is 1. The Kier molecular flexibility index (Phi) is 6.59. The molecule has 1 fully saturated rings. The van der Waals surface area contributed by atoms with Crippen LogP contribution in [0.15, 0.2) is 42.5 Å². The lowest BCUT2D eigenvalue weighted by atomic mass is 10.1. The van der Waals surface area contributed by atoms with Gasteiger partial charge < -0.3 is 10.1 Å². The van der Waals surface area contributed by atoms with Gasteiger partial charge in [-0.05, 0) is 55.3 Å². The number of imide groups is 1. The third-order valence-electron chi connectivity index (χ3n) is 4.96. The number of nitrogens with one attached hydrogen (secondary N) is 1. The van der Waals surface area contributed by atoms with Crippen LogP contribution in [0.3, 0.4) is 0 Å². The van der Waals surface area contributed by atoms with Crippen molar-refractivity contribution in [3.8, 4) is 5.75 Å². The molecule has 2 aromatic carbocycles. The minimum absolute atomic E-state index is 0.102. The third kappa shape index (κ3) is 4.79. The summed E-state index contributed by atoms with van der Waals surface area (Å²) in [5.41, 5.74) is 3.50. The summed E-state index contributed by atoms with van der Waals surface area (Å²) in [6.07, 6.45) is 0.423. The Labute approximate surface area is 174 Å². The van der Waals surface area contributed by atoms with Gasteiger partial charge in [-0.25, -0.2) is 4.90 Å². The zero-order valence-corrected chi connectivity index (χ0v) is 17.5. The maximum Gasteiger partial charge on any atom is 0.247 e. The fraction of sp³-hybridized carbons (Fsp3) is 0.318. The SMILES string of the molecule is COc1ccc(N2C(=O)C[C@@H](SCCC(=O)Nc3cccc(C)c3C)C2=O)cc1. The highest BCUT2D eigenvalue weighted by molar-refractivity contribution is 8.00. The lowest BCUT2D eigenvalue weighted by molar-refractivity contribution is -0.121. The monoisotopic (exact) mass is 412 g/mol. The largest absolute Gasteiger partial charge is 0.497 e. The Morgan fingerprint density at radius 1 is 1.17 bits per heavy atom. The van der Waals surface area contributed by atoms with Gasteiger partial charge in [0.05, 0.1) is 18.0 Å². The normalized spacial score (nSPS) is 16.2. The van der Waals surface area contributed by atoms with Crippen molar-refractivity contribution in [3.63, 3.8) is 0 Å². The Balaban J connectivity index is 1.53. The van der Waals surface area contributed by atoms with Crippen LogP contribution in [-0.2, 0) is 14.4 Å². The lowest BCUT2D eigenvalue weighted by Gasteiger charge is -2.15. The van der Waals surface area contributed by atoms with Gasteiger partial charge in [-0.1, -0.05) is 12.1 Å². The zero-order chi connectivity index (χ0) is 21.0. The number of methoxy groups -OCH3 is 1. The van der Waals surface area contributed by atoms with E-state index in [1.807, 2.05) is 32.0 Å². The van der Waals surface area contributed by atoms with E-state index in [2.05, 4.69) is 5.32 Å². The molecular formula is C22H24N2O4S. The average molecular weight is 413 g/mol. The fourth-order valence-corrected chi connectivity index (χ4v) is 4.23. The molecule has 0 unspecified atom stereocenters. The van der Waals surface area contributed by atoms with Gasteiger partial charge >= 0.3 is 0 Å². The molecule has 1 atom stereocenters. The van der Waals surface area contributed by atoms with Crippen LogP contribution in [0.2, 0.25) is 0 Å². The highest BCUT2D eigenvalue weighted by Crippen LogP contribution is 2.31. The van der Waals surface area contributed by atoms with Crippen LogP contribution < -0.4 is 15.0 Å². The molecule has 3 rings (SSSR count). The lowest BCUT2D eigenvalue weighted by Crippen LogP contribution is -2.31. The molecule has 0 bridgehead atoms. The standard InChI is InChI=1S/C22H24N2O4S/c1-14-5-4-6-18(15(14)2)23-20(25)11-12-29-19-13-21(26)24(22(19)27)16-7-9-17(28-3)10-8-16/h4-10,19H,11-13H2,1-3H3,(H,23,25)/t19-/m1/s1. The maximum atomic E-state index is 12.7. The van der Waals surface area contributed by atoms with Crippen molar-refractivity contribution in [2.24, 2.45) is 0 Å². The Morgan fingerprint density at radius 3 is 2.59 bits per heavy atom. The fourth-order valence-electron chi connectivity index (χ4n) is 3.13. The minimum Gasteiger partial charge on any atom is -0.497 e. The van der Waals surface area contributed by atoms with Crippen LogP contribution in [0.1, 0.15) is 24.0 Å². The van der Waals surface area contributed by atoms with E-state index in [1.54, 1.807) is 31.4 Å². The molecule has 0 saturated carbocycles. The van der Waals surface area contributed by atoms with E-state index < -0.39 is 5.25 Å². The second-order valence-corrected chi connectivity index (χ2v) is 8.19. The van der Waals surface area contributed by atoms with Gasteiger partial charge in [-0.2, -0.15) is 0 Å². The quantitative estimate of drug-likeness (QED) is 0.702. The van der Waals surface area contributed by atoms with Crippen LogP contribution in [0, 0.1) is 13.8 Å². The molecule has 1 heterocycles. The first-order chi connectivity index (χ1) is 13.9. The number of carbonyl (C=O) groups excluding carboxylic acids is 3. The van der Waals surface area contributed by atoms with Crippen LogP contribution >= 0.6 is 11.8 Å². The summed E-state index contributed by atoms with van der Waals surface area (Å²) in [6, 6.07) is 12.6. The topological polar surface area (TPSA) is 75.7 Å². The number of aryl methyl sites for hydroxylation is 1. The molecule has 29 heavy (non-hydrogen) atoms. The zero-order valence-electron chi connectivity index (χ0n) is 16.7. The molecule has 7 heteroatoms. The highest BCUT2D eigenvalue weighted by atomic mass is 32.2. The smallest absolute Gasteiger partial charge is 0.247 e. The summed E-state index contributed by atoms with van der Waals surface area (Å²) < 4.78 is 5.11. The molecule has 0 aromatic heterocycles. The molecule has 152 valence electrons. The van der Waals surface area contributed by atoms with Gasteiger partial charge in [0.25, 0.3) is 0 Å². The van der Waals surface area contributed by atoms with Crippen molar-refractivity contribution in [2.75, 3.05) is 23.1 Å². The number of thioether (sulfide) groups is 1. The number of hydrogen-bond acceptors (Lipinski definition) is 5. The van der Waals surface area contributed by atoms with E-state index in [4.69, 9.17) is 4.74 Å². The van der Waals surface area contributed by atoms with E-state index in [0.29, 0.717) is 17.2 Å². The Bertz CT molecular complexity index is 927. The van der Waals surface area contributed by atoms with Crippen LogP contribution in [0.25, 0.3) is 0 Å². The molecule has 0 radical (unpaired) electrons. The number of anilines is 2. The molecule has 1 aliphatic heterocycles. The predicted molar refractivity (Wildman–Crippen MR) is 116 cm³/mol. The van der Waals surface area contributed by atoms with Gasteiger partial charge in [0, 0.05) is 24.3 Å². The first kappa shape index (κ1) is 20.9. The van der Waals surface area contributed by atoms with Gasteiger partial charge in [0.2, 0.25) is 17.7 Å². The summed E-state index contributed by atoms with van der Waals surface area (Å²) in [5, 5.41) is 2.46. The van der Waals surface area contributed by atoms with Gasteiger partial charge in [-0.15, -0.1) is 11.8 Å². The third-order valence-corrected chi connectivity index (χ3v) is 6.17. The van der Waals surface area contributed by atoms with E-state index in [9.17, 15) is 14.4 Å². The number of nitrogens with zero attached hydrogens (tertiary/aromatic N) is 1. The van der Waals surface area contributed by atoms with E-state index >= 15 is 0 Å². The average Bonchev–Trinajstić information content (AvgIpc) is 2.99. The van der Waals surface area contributed by atoms with Gasteiger partial charge in [-0.3, -0.25) is 14.4 Å². The molecule has 3 amide bonds. The van der Waals surface area contributed by atoms with E-state index in [-0.39, 0.29) is 30.6 Å². The summed E-state index contributed by atoms with van der Waals surface area (Å²) in [5.74, 6) is 0.567. The molecular weight excluding hydrogens is 388 g/mol. The molecule has 1 saturated heterocycles. The first-order valence-corrected chi connectivity index (χ1v) is 10.4. The molecule has 0 spiro atoms. The van der Waals surface area contributed by atoms with Crippen molar-refractivity contribution in [2.45, 2.75) is 31.9 Å². The number of ether oxygens (including phenoxy) is 1. The molecule has 2 aromatic rings. The maximum absolute atomic E-state index is 12.7. The van der Waals surface area contributed by atoms with E-state index in [1.165, 1.54) is 16.7 Å². The Morgan fingerprint density at radius 2 is 1.90 bits per heavy atom. The number of amides is 3. The van der Waals surface area contributed by atoms with Gasteiger partial charge in [0.15, 0.2) is 0 Å². The second kappa shape index (κ2) is 9.13. The summed E-state index contributed by atoms with van der Waals surface area (Å²) in [4.78, 5) is 38.5. The number of rotatable bonds is 7. The van der Waals surface area contributed by atoms with Crippen molar-refractivity contribution in [3.05, 3.63) is 53.6 Å². The van der Waals surface area contributed by atoms with Crippen molar-refractivity contribution in [1.29, 1.82) is 0 Å². The predicted octanol–water partition coefficient (Wildman–Crippen LogP) is 3.71.